The van der Waals surface area contributed by atoms with E-state index in [-0.39, 0.29) is 0 Å². The summed E-state index contributed by atoms with van der Waals surface area (Å²) >= 11 is 0. The average Bonchev–Trinajstić information content (AvgIpc) is 3.90. The van der Waals surface area contributed by atoms with Crippen LogP contribution in [0.4, 0.5) is 22.7 Å². The number of benzene rings is 10. The Morgan fingerprint density at radius 3 is 1.14 bits per heavy atom. The first kappa shape index (κ1) is 37.8. The molecule has 1 atom stereocenters. The summed E-state index contributed by atoms with van der Waals surface area (Å²) in [6, 6.07) is 93.1. The molecule has 1 aliphatic heterocycles. The molecule has 10 aromatic carbocycles. The standard InChI is InChI=1S/C60H42N3P/c1-7-19-43(20-8-1)46-31-34-57-55(40-46)56-41-47(44-21-9-2-10-22-44)32-35-58(56)61(57)53-38-49(45-23-11-3-12-24-45)37-50(39-53)48-33-36-59-60(42-48)63(52-27-15-5-16-28-52)64(54-29-17-6-18-30-54)62(59)51-25-13-4-14-26-51/h1-42H. The van der Waals surface area contributed by atoms with Crippen LogP contribution in [-0.2, 0) is 0 Å². The maximum Gasteiger partial charge on any atom is 0.138 e. The van der Waals surface area contributed by atoms with Gasteiger partial charge >= 0.3 is 0 Å². The number of anilines is 4. The van der Waals surface area contributed by atoms with Crippen LogP contribution in [0.25, 0.3) is 72.0 Å². The van der Waals surface area contributed by atoms with Crippen LogP contribution in [0, 0.1) is 0 Å². The normalized spacial score (nSPS) is 13.4. The minimum atomic E-state index is -1.02. The van der Waals surface area contributed by atoms with E-state index in [1.807, 2.05) is 0 Å². The van der Waals surface area contributed by atoms with E-state index in [0.29, 0.717) is 0 Å². The van der Waals surface area contributed by atoms with Gasteiger partial charge in [-0.1, -0.05) is 176 Å². The van der Waals surface area contributed by atoms with Crippen molar-refractivity contribution in [2.75, 3.05) is 9.34 Å². The van der Waals surface area contributed by atoms with Crippen molar-refractivity contribution in [3.05, 3.63) is 255 Å². The molecule has 302 valence electrons. The van der Waals surface area contributed by atoms with Gasteiger partial charge in [-0.15, -0.1) is 0 Å². The highest BCUT2D eigenvalue weighted by Gasteiger charge is 2.40. The number of aromatic nitrogens is 1. The number of hydrogen-bond acceptors (Lipinski definition) is 2. The molecule has 0 saturated carbocycles. The Balaban J connectivity index is 1.09. The second-order valence-electron chi connectivity index (χ2n) is 16.3. The Hall–Kier alpha value is -7.97. The molecule has 0 amide bonds. The van der Waals surface area contributed by atoms with Crippen molar-refractivity contribution in [3.8, 4) is 50.2 Å². The summed E-state index contributed by atoms with van der Waals surface area (Å²) in [4.78, 5) is 0. The zero-order valence-electron chi connectivity index (χ0n) is 35.0. The van der Waals surface area contributed by atoms with Gasteiger partial charge in [0.25, 0.3) is 0 Å². The highest BCUT2D eigenvalue weighted by molar-refractivity contribution is 7.70. The first-order valence-corrected chi connectivity index (χ1v) is 23.1. The van der Waals surface area contributed by atoms with Gasteiger partial charge < -0.3 is 4.57 Å². The van der Waals surface area contributed by atoms with E-state index in [2.05, 4.69) is 269 Å². The third-order valence-corrected chi connectivity index (χ3v) is 14.8. The Kier molecular flexibility index (Phi) is 9.47. The molecule has 2 heterocycles. The lowest BCUT2D eigenvalue weighted by Crippen LogP contribution is -2.21. The molecule has 1 aliphatic rings. The molecule has 12 rings (SSSR count). The van der Waals surface area contributed by atoms with Crippen molar-refractivity contribution in [1.82, 2.24) is 4.57 Å². The zero-order chi connectivity index (χ0) is 42.4. The summed E-state index contributed by atoms with van der Waals surface area (Å²) < 4.78 is 7.59. The predicted octanol–water partition coefficient (Wildman–Crippen LogP) is 16.4. The maximum atomic E-state index is 2.57. The van der Waals surface area contributed by atoms with Crippen molar-refractivity contribution in [1.29, 1.82) is 0 Å². The van der Waals surface area contributed by atoms with Gasteiger partial charge in [-0.2, -0.15) is 0 Å². The summed E-state index contributed by atoms with van der Waals surface area (Å²) in [6.45, 7) is 0. The molecule has 0 fully saturated rings. The van der Waals surface area contributed by atoms with Crippen molar-refractivity contribution in [2.45, 2.75) is 0 Å². The lowest BCUT2D eigenvalue weighted by atomic mass is 9.97. The molecule has 0 bridgehead atoms. The maximum absolute atomic E-state index is 2.57. The van der Waals surface area contributed by atoms with Crippen LogP contribution in [0.3, 0.4) is 0 Å². The Labute approximate surface area is 375 Å². The number of nitrogens with zero attached hydrogens (tertiary/aromatic N) is 3. The fourth-order valence-corrected chi connectivity index (χ4v) is 11.9. The largest absolute Gasteiger partial charge is 0.309 e. The molecule has 0 saturated heterocycles. The van der Waals surface area contributed by atoms with E-state index in [1.165, 1.54) is 83.2 Å². The molecule has 0 radical (unpaired) electrons. The average molecular weight is 836 g/mol. The first-order chi connectivity index (χ1) is 31.7. The predicted molar refractivity (Wildman–Crippen MR) is 273 cm³/mol. The molecule has 0 N–H and O–H groups in total. The van der Waals surface area contributed by atoms with Crippen LogP contribution in [0.15, 0.2) is 255 Å². The van der Waals surface area contributed by atoms with Crippen LogP contribution >= 0.6 is 8.22 Å². The van der Waals surface area contributed by atoms with Crippen LogP contribution < -0.4 is 14.6 Å². The first-order valence-electron chi connectivity index (χ1n) is 21.8. The van der Waals surface area contributed by atoms with Crippen LogP contribution in [0.2, 0.25) is 0 Å². The second kappa shape index (κ2) is 16.1. The van der Waals surface area contributed by atoms with Gasteiger partial charge in [0.05, 0.1) is 22.4 Å². The minimum absolute atomic E-state index is 1.02. The summed E-state index contributed by atoms with van der Waals surface area (Å²) in [6.07, 6.45) is 0. The van der Waals surface area contributed by atoms with Crippen molar-refractivity contribution >= 4 is 58.1 Å². The van der Waals surface area contributed by atoms with E-state index in [1.54, 1.807) is 0 Å². The minimum Gasteiger partial charge on any atom is -0.309 e. The molecule has 4 heteroatoms. The van der Waals surface area contributed by atoms with Gasteiger partial charge in [0.2, 0.25) is 0 Å². The third-order valence-electron chi connectivity index (χ3n) is 12.4. The smallest absolute Gasteiger partial charge is 0.138 e. The third kappa shape index (κ3) is 6.66. The molecule has 1 unspecified atom stereocenters. The van der Waals surface area contributed by atoms with Gasteiger partial charge in [-0.3, -0.25) is 9.34 Å². The second-order valence-corrected chi connectivity index (χ2v) is 18.2. The SMILES string of the molecule is c1ccc(-c2cc(-c3ccc4c(c3)N(c3ccccc3)P(c3ccccc3)N4c3ccccc3)cc(-n3c4ccc(-c5ccccc5)cc4c4cc(-c5ccccc5)ccc43)c2)cc1. The van der Waals surface area contributed by atoms with Gasteiger partial charge in [0.15, 0.2) is 0 Å². The molecule has 1 aromatic heterocycles. The van der Waals surface area contributed by atoms with E-state index in [0.717, 1.165) is 16.8 Å². The molecule has 0 aliphatic carbocycles. The quantitative estimate of drug-likeness (QED) is 0.141. The van der Waals surface area contributed by atoms with E-state index >= 15 is 0 Å². The summed E-state index contributed by atoms with van der Waals surface area (Å²) in [5.74, 6) is 0. The fourth-order valence-electron chi connectivity index (χ4n) is 9.40. The summed E-state index contributed by atoms with van der Waals surface area (Å²) in [5.41, 5.74) is 17.7. The molecule has 11 aromatic rings. The van der Waals surface area contributed by atoms with Crippen molar-refractivity contribution < 1.29 is 0 Å². The molecule has 3 nitrogen and oxygen atoms in total. The highest BCUT2D eigenvalue weighted by atomic mass is 31.1. The van der Waals surface area contributed by atoms with Crippen molar-refractivity contribution in [3.63, 3.8) is 0 Å². The number of para-hydroxylation sites is 2. The summed E-state index contributed by atoms with van der Waals surface area (Å²) in [5, 5.41) is 3.74. The Morgan fingerprint density at radius 2 is 0.641 bits per heavy atom. The van der Waals surface area contributed by atoms with E-state index in [9.17, 15) is 0 Å². The highest BCUT2D eigenvalue weighted by Crippen LogP contribution is 2.65. The monoisotopic (exact) mass is 835 g/mol. The van der Waals surface area contributed by atoms with Gasteiger partial charge in [-0.05, 0) is 123 Å². The molecular formula is C60H42N3P. The molecule has 64 heavy (non-hydrogen) atoms. The van der Waals surface area contributed by atoms with Crippen molar-refractivity contribution in [2.24, 2.45) is 0 Å². The van der Waals surface area contributed by atoms with E-state index < -0.39 is 8.22 Å². The van der Waals surface area contributed by atoms with Gasteiger partial charge in [0, 0.05) is 33.1 Å². The molecular weight excluding hydrogens is 794 g/mol. The Bertz CT molecular complexity index is 3330. The van der Waals surface area contributed by atoms with Gasteiger partial charge in [0.1, 0.15) is 8.22 Å². The fraction of sp³-hybridized carbons (Fsp3) is 0. The van der Waals surface area contributed by atoms with Gasteiger partial charge in [-0.25, -0.2) is 0 Å². The number of fused-ring (bicyclic) bond motifs is 4. The lowest BCUT2D eigenvalue weighted by Gasteiger charge is -2.32. The zero-order valence-corrected chi connectivity index (χ0v) is 35.9. The number of hydrogen-bond donors (Lipinski definition) is 0. The summed E-state index contributed by atoms with van der Waals surface area (Å²) in [7, 11) is -1.02. The lowest BCUT2D eigenvalue weighted by molar-refractivity contribution is 1.18. The van der Waals surface area contributed by atoms with Crippen LogP contribution in [0.1, 0.15) is 0 Å². The van der Waals surface area contributed by atoms with Crippen LogP contribution in [0.5, 0.6) is 0 Å². The number of rotatable bonds is 8. The Morgan fingerprint density at radius 1 is 0.250 bits per heavy atom. The van der Waals surface area contributed by atoms with Crippen LogP contribution in [-0.4, -0.2) is 4.57 Å². The van der Waals surface area contributed by atoms with E-state index in [4.69, 9.17) is 0 Å². The topological polar surface area (TPSA) is 11.4 Å². The molecule has 0 spiro atoms.